The number of sulfonamides is 1. The lowest BCUT2D eigenvalue weighted by molar-refractivity contribution is -0.125. The summed E-state index contributed by atoms with van der Waals surface area (Å²) in [4.78, 5) is 13.5. The fraction of sp³-hybridized carbons (Fsp3) is 0.480. The highest BCUT2D eigenvalue weighted by Gasteiger charge is 2.51. The molecule has 4 fully saturated rings. The van der Waals surface area contributed by atoms with E-state index >= 15 is 0 Å². The van der Waals surface area contributed by atoms with Crippen LogP contribution in [0.3, 0.4) is 0 Å². The standard InChI is InChI=1S/C25H30N2O3S/c1-18-7-5-6-10-23(18)27(31(29,30)22-8-3-2-4-9-22)17-24(28)26-25-14-19-11-20(15-25)13-21(12-19)16-25/h2-10,19-21H,11-17H2,1H3,(H,26,28). The fourth-order valence-corrected chi connectivity index (χ4v) is 8.10. The van der Waals surface area contributed by atoms with Crippen LogP contribution >= 0.6 is 0 Å². The first kappa shape index (κ1) is 20.6. The number of nitrogens with one attached hydrogen (secondary N) is 1. The topological polar surface area (TPSA) is 66.5 Å². The number of hydrogen-bond donors (Lipinski definition) is 1. The van der Waals surface area contributed by atoms with Crippen LogP contribution in [0.2, 0.25) is 0 Å². The first-order valence-electron chi connectivity index (χ1n) is 11.3. The quantitative estimate of drug-likeness (QED) is 0.732. The van der Waals surface area contributed by atoms with E-state index in [4.69, 9.17) is 0 Å². The van der Waals surface area contributed by atoms with Crippen molar-refractivity contribution in [2.75, 3.05) is 10.8 Å². The summed E-state index contributed by atoms with van der Waals surface area (Å²) in [5.74, 6) is 1.94. The van der Waals surface area contributed by atoms with Gasteiger partial charge in [0.15, 0.2) is 0 Å². The van der Waals surface area contributed by atoms with Crippen molar-refractivity contribution in [3.05, 3.63) is 60.2 Å². The smallest absolute Gasteiger partial charge is 0.264 e. The number of amides is 1. The molecule has 5 nitrogen and oxygen atoms in total. The molecule has 4 bridgehead atoms. The van der Waals surface area contributed by atoms with Gasteiger partial charge < -0.3 is 5.32 Å². The Kier molecular flexibility index (Phi) is 5.08. The van der Waals surface area contributed by atoms with Crippen molar-refractivity contribution in [3.8, 4) is 0 Å². The van der Waals surface area contributed by atoms with E-state index in [-0.39, 0.29) is 22.9 Å². The van der Waals surface area contributed by atoms with Gasteiger partial charge in [-0.15, -0.1) is 0 Å². The summed E-state index contributed by atoms with van der Waals surface area (Å²) >= 11 is 0. The Morgan fingerprint density at radius 1 is 0.935 bits per heavy atom. The Morgan fingerprint density at radius 3 is 2.06 bits per heavy atom. The molecule has 0 spiro atoms. The van der Waals surface area contributed by atoms with E-state index in [1.165, 1.54) is 23.6 Å². The lowest BCUT2D eigenvalue weighted by Crippen LogP contribution is -2.61. The number of carbonyl (C=O) groups is 1. The molecule has 0 unspecified atom stereocenters. The van der Waals surface area contributed by atoms with Crippen molar-refractivity contribution < 1.29 is 13.2 Å². The summed E-state index contributed by atoms with van der Waals surface area (Å²) in [5, 5.41) is 3.32. The normalized spacial score (nSPS) is 29.0. The molecule has 0 aromatic heterocycles. The molecule has 0 aliphatic heterocycles. The lowest BCUT2D eigenvalue weighted by Gasteiger charge is -2.57. The predicted molar refractivity (Wildman–Crippen MR) is 121 cm³/mol. The van der Waals surface area contributed by atoms with E-state index in [1.54, 1.807) is 36.4 Å². The number of aryl methyl sites for hydroxylation is 1. The zero-order chi connectivity index (χ0) is 21.6. The number of para-hydroxylation sites is 1. The van der Waals surface area contributed by atoms with Gasteiger partial charge >= 0.3 is 0 Å². The monoisotopic (exact) mass is 438 g/mol. The average Bonchev–Trinajstić information content (AvgIpc) is 2.72. The summed E-state index contributed by atoms with van der Waals surface area (Å²) in [6.07, 6.45) is 7.02. The highest BCUT2D eigenvalue weighted by molar-refractivity contribution is 7.92. The maximum Gasteiger partial charge on any atom is 0.264 e. The Bertz CT molecular complexity index is 1050. The third kappa shape index (κ3) is 3.86. The third-order valence-electron chi connectivity index (χ3n) is 7.45. The Hall–Kier alpha value is -2.34. The van der Waals surface area contributed by atoms with E-state index in [2.05, 4.69) is 5.32 Å². The summed E-state index contributed by atoms with van der Waals surface area (Å²) < 4.78 is 28.3. The molecule has 164 valence electrons. The van der Waals surface area contributed by atoms with Crippen molar-refractivity contribution in [1.82, 2.24) is 5.32 Å². The minimum atomic E-state index is -3.87. The Balaban J connectivity index is 1.43. The molecule has 1 N–H and O–H groups in total. The summed E-state index contributed by atoms with van der Waals surface area (Å²) in [6, 6.07) is 15.7. The van der Waals surface area contributed by atoms with Crippen molar-refractivity contribution in [2.24, 2.45) is 17.8 Å². The number of nitrogens with zero attached hydrogens (tertiary/aromatic N) is 1. The predicted octanol–water partition coefficient (Wildman–Crippen LogP) is 4.28. The number of anilines is 1. The number of rotatable bonds is 6. The zero-order valence-corrected chi connectivity index (χ0v) is 18.8. The van der Waals surface area contributed by atoms with Crippen LogP contribution in [0, 0.1) is 24.7 Å². The van der Waals surface area contributed by atoms with Gasteiger partial charge in [0.05, 0.1) is 10.6 Å². The highest BCUT2D eigenvalue weighted by Crippen LogP contribution is 2.55. The maximum absolute atomic E-state index is 13.5. The van der Waals surface area contributed by atoms with Crippen LogP contribution in [0.25, 0.3) is 0 Å². The van der Waals surface area contributed by atoms with Gasteiger partial charge in [0.1, 0.15) is 6.54 Å². The largest absolute Gasteiger partial charge is 0.349 e. The maximum atomic E-state index is 13.5. The first-order valence-corrected chi connectivity index (χ1v) is 12.7. The molecule has 4 saturated carbocycles. The molecule has 2 aromatic carbocycles. The van der Waals surface area contributed by atoms with Gasteiger partial charge in [-0.2, -0.15) is 0 Å². The molecule has 4 aliphatic carbocycles. The highest BCUT2D eigenvalue weighted by atomic mass is 32.2. The molecule has 31 heavy (non-hydrogen) atoms. The van der Waals surface area contributed by atoms with Gasteiger partial charge in [0.25, 0.3) is 10.0 Å². The molecule has 1 amide bonds. The van der Waals surface area contributed by atoms with E-state index in [1.807, 2.05) is 25.1 Å². The van der Waals surface area contributed by atoms with Crippen LogP contribution in [0.15, 0.2) is 59.5 Å². The second kappa shape index (κ2) is 7.66. The summed E-state index contributed by atoms with van der Waals surface area (Å²) in [7, 11) is -3.87. The minimum Gasteiger partial charge on any atom is -0.349 e. The molecule has 0 heterocycles. The van der Waals surface area contributed by atoms with E-state index in [0.717, 1.165) is 24.8 Å². The average molecular weight is 439 g/mol. The number of hydrogen-bond acceptors (Lipinski definition) is 3. The minimum absolute atomic E-state index is 0.139. The Labute approximate surface area is 184 Å². The molecule has 2 aromatic rings. The third-order valence-corrected chi connectivity index (χ3v) is 9.22. The first-order chi connectivity index (χ1) is 14.8. The van der Waals surface area contributed by atoms with E-state index < -0.39 is 10.0 Å². The second-order valence-electron chi connectivity index (χ2n) is 9.86. The molecule has 4 aliphatic rings. The molecular weight excluding hydrogens is 408 g/mol. The molecule has 0 atom stereocenters. The van der Waals surface area contributed by atoms with E-state index in [0.29, 0.717) is 23.4 Å². The molecule has 6 rings (SSSR count). The van der Waals surface area contributed by atoms with Crippen LogP contribution in [0.1, 0.15) is 44.1 Å². The van der Waals surface area contributed by atoms with Gasteiger partial charge in [0.2, 0.25) is 5.91 Å². The molecule has 0 saturated heterocycles. The van der Waals surface area contributed by atoms with E-state index in [9.17, 15) is 13.2 Å². The van der Waals surface area contributed by atoms with Gasteiger partial charge in [-0.25, -0.2) is 8.42 Å². The SMILES string of the molecule is Cc1ccccc1N(CC(=O)NC12CC3CC(CC(C3)C1)C2)S(=O)(=O)c1ccccc1. The van der Waals surface area contributed by atoms with Crippen molar-refractivity contribution in [2.45, 2.75) is 55.9 Å². The molecule has 6 heteroatoms. The second-order valence-corrected chi connectivity index (χ2v) is 11.7. The number of benzene rings is 2. The molecule has 0 radical (unpaired) electrons. The molecular formula is C25H30N2O3S. The van der Waals surface area contributed by atoms with Gasteiger partial charge in [-0.3, -0.25) is 9.10 Å². The van der Waals surface area contributed by atoms with Crippen LogP contribution < -0.4 is 9.62 Å². The summed E-state index contributed by atoms with van der Waals surface area (Å²) in [6.45, 7) is 1.67. The lowest BCUT2D eigenvalue weighted by atomic mass is 9.53. The van der Waals surface area contributed by atoms with Crippen molar-refractivity contribution in [1.29, 1.82) is 0 Å². The zero-order valence-electron chi connectivity index (χ0n) is 18.0. The number of carbonyl (C=O) groups excluding carboxylic acids is 1. The van der Waals surface area contributed by atoms with Gasteiger partial charge in [0, 0.05) is 5.54 Å². The van der Waals surface area contributed by atoms with Gasteiger partial charge in [-0.05, 0) is 87.0 Å². The van der Waals surface area contributed by atoms with Crippen LogP contribution in [0.5, 0.6) is 0 Å². The Morgan fingerprint density at radius 2 is 1.48 bits per heavy atom. The van der Waals surface area contributed by atoms with Crippen molar-refractivity contribution in [3.63, 3.8) is 0 Å². The van der Waals surface area contributed by atoms with Crippen LogP contribution in [-0.2, 0) is 14.8 Å². The van der Waals surface area contributed by atoms with Gasteiger partial charge in [-0.1, -0.05) is 36.4 Å². The fourth-order valence-electron chi connectivity index (χ4n) is 6.59. The van der Waals surface area contributed by atoms with Crippen LogP contribution in [0.4, 0.5) is 5.69 Å². The van der Waals surface area contributed by atoms with Crippen LogP contribution in [-0.4, -0.2) is 26.4 Å². The summed E-state index contributed by atoms with van der Waals surface area (Å²) in [5.41, 5.74) is 1.23. The van der Waals surface area contributed by atoms with Crippen molar-refractivity contribution >= 4 is 21.6 Å².